The number of aromatic nitrogens is 2. The van der Waals surface area contributed by atoms with Gasteiger partial charge in [-0.2, -0.15) is 5.10 Å². The first-order chi connectivity index (χ1) is 7.15. The third-order valence-electron chi connectivity index (χ3n) is 2.47. The minimum absolute atomic E-state index is 0.135. The number of carboxylic acids is 1. The number of carbonyl (C=O) groups is 1. The van der Waals surface area contributed by atoms with Gasteiger partial charge in [-0.05, 0) is 19.4 Å². The van der Waals surface area contributed by atoms with Crippen LogP contribution in [0.4, 0.5) is 0 Å². The summed E-state index contributed by atoms with van der Waals surface area (Å²) in [6, 6.07) is 5.61. The van der Waals surface area contributed by atoms with Crippen LogP contribution in [-0.2, 0) is 6.54 Å². The molecule has 0 atom stereocenters. The Hall–Kier alpha value is -1.84. The number of fused-ring (bicyclic) bond motifs is 1. The molecule has 4 heteroatoms. The van der Waals surface area contributed by atoms with E-state index in [9.17, 15) is 4.79 Å². The molecule has 0 aliphatic carbocycles. The van der Waals surface area contributed by atoms with Crippen LogP contribution < -0.4 is 0 Å². The molecular weight excluding hydrogens is 192 g/mol. The first kappa shape index (κ1) is 9.71. The fraction of sp³-hybridized carbons (Fsp3) is 0.273. The second-order valence-electron chi connectivity index (χ2n) is 3.44. The van der Waals surface area contributed by atoms with Gasteiger partial charge in [-0.3, -0.25) is 4.68 Å². The molecule has 2 rings (SSSR count). The predicted octanol–water partition coefficient (Wildman–Crippen LogP) is 2.06. The van der Waals surface area contributed by atoms with Crippen molar-refractivity contribution in [2.45, 2.75) is 20.4 Å². The zero-order valence-electron chi connectivity index (χ0n) is 8.69. The van der Waals surface area contributed by atoms with Gasteiger partial charge in [0.25, 0.3) is 0 Å². The van der Waals surface area contributed by atoms with E-state index in [0.29, 0.717) is 11.9 Å². The van der Waals surface area contributed by atoms with Gasteiger partial charge in [0.2, 0.25) is 0 Å². The molecule has 78 valence electrons. The zero-order chi connectivity index (χ0) is 11.0. The second-order valence-corrected chi connectivity index (χ2v) is 3.44. The van der Waals surface area contributed by atoms with Crippen LogP contribution in [0, 0.1) is 6.92 Å². The lowest BCUT2D eigenvalue weighted by molar-refractivity contribution is 0.0691. The summed E-state index contributed by atoms with van der Waals surface area (Å²) in [5.41, 5.74) is 2.10. The smallest absolute Gasteiger partial charge is 0.357 e. The maximum atomic E-state index is 11.0. The zero-order valence-corrected chi connectivity index (χ0v) is 8.69. The molecule has 0 aliphatic rings. The van der Waals surface area contributed by atoms with Crippen molar-refractivity contribution in [2.75, 3.05) is 0 Å². The second kappa shape index (κ2) is 3.38. The Bertz CT molecular complexity index is 529. The number of rotatable bonds is 2. The van der Waals surface area contributed by atoms with E-state index < -0.39 is 5.97 Å². The quantitative estimate of drug-likeness (QED) is 0.814. The van der Waals surface area contributed by atoms with E-state index >= 15 is 0 Å². The molecule has 0 spiro atoms. The third-order valence-corrected chi connectivity index (χ3v) is 2.47. The molecule has 2 aromatic rings. The van der Waals surface area contributed by atoms with E-state index in [1.165, 1.54) is 0 Å². The minimum atomic E-state index is -0.974. The summed E-state index contributed by atoms with van der Waals surface area (Å²) in [6.45, 7) is 4.58. The summed E-state index contributed by atoms with van der Waals surface area (Å²) in [5, 5.41) is 13.8. The van der Waals surface area contributed by atoms with Crippen molar-refractivity contribution in [2.24, 2.45) is 0 Å². The number of aryl methyl sites for hydroxylation is 2. The Balaban J connectivity index is 2.87. The molecule has 0 saturated heterocycles. The highest BCUT2D eigenvalue weighted by Gasteiger charge is 2.16. The van der Waals surface area contributed by atoms with E-state index in [2.05, 4.69) is 5.10 Å². The van der Waals surface area contributed by atoms with Crippen LogP contribution in [0.3, 0.4) is 0 Å². The average Bonchev–Trinajstić information content (AvgIpc) is 2.58. The van der Waals surface area contributed by atoms with E-state index in [1.807, 2.05) is 26.0 Å². The summed E-state index contributed by atoms with van der Waals surface area (Å²) >= 11 is 0. The highest BCUT2D eigenvalue weighted by molar-refractivity contribution is 6.02. The van der Waals surface area contributed by atoms with E-state index in [0.717, 1.165) is 11.1 Å². The van der Waals surface area contributed by atoms with Crippen molar-refractivity contribution < 1.29 is 9.90 Å². The van der Waals surface area contributed by atoms with Gasteiger partial charge in [-0.15, -0.1) is 0 Å². The molecule has 15 heavy (non-hydrogen) atoms. The molecule has 0 radical (unpaired) electrons. The Kier molecular flexibility index (Phi) is 2.19. The van der Waals surface area contributed by atoms with E-state index in [4.69, 9.17) is 5.11 Å². The van der Waals surface area contributed by atoms with Crippen LogP contribution in [0.25, 0.3) is 10.9 Å². The summed E-state index contributed by atoms with van der Waals surface area (Å²) in [7, 11) is 0. The number of para-hydroxylation sites is 1. The molecule has 0 saturated carbocycles. The fourth-order valence-corrected chi connectivity index (χ4v) is 1.80. The number of carboxylic acid groups (broad SMARTS) is 1. The van der Waals surface area contributed by atoms with Gasteiger partial charge in [0, 0.05) is 11.9 Å². The van der Waals surface area contributed by atoms with Crippen LogP contribution in [0.2, 0.25) is 0 Å². The molecule has 0 bridgehead atoms. The van der Waals surface area contributed by atoms with Crippen LogP contribution in [0.1, 0.15) is 23.0 Å². The molecule has 1 aromatic carbocycles. The van der Waals surface area contributed by atoms with Crippen molar-refractivity contribution in [3.05, 3.63) is 29.5 Å². The maximum Gasteiger partial charge on any atom is 0.357 e. The molecule has 0 fully saturated rings. The number of nitrogens with zero attached hydrogens (tertiary/aromatic N) is 2. The van der Waals surface area contributed by atoms with E-state index in [-0.39, 0.29) is 5.69 Å². The molecule has 4 nitrogen and oxygen atoms in total. The number of benzene rings is 1. The number of hydrogen-bond acceptors (Lipinski definition) is 2. The highest BCUT2D eigenvalue weighted by Crippen LogP contribution is 2.21. The Morgan fingerprint density at radius 2 is 2.27 bits per heavy atom. The topological polar surface area (TPSA) is 55.1 Å². The first-order valence-corrected chi connectivity index (χ1v) is 4.84. The first-order valence-electron chi connectivity index (χ1n) is 4.84. The highest BCUT2D eigenvalue weighted by atomic mass is 16.4. The molecule has 0 unspecified atom stereocenters. The fourth-order valence-electron chi connectivity index (χ4n) is 1.80. The minimum Gasteiger partial charge on any atom is -0.476 e. The predicted molar refractivity (Wildman–Crippen MR) is 57.1 cm³/mol. The normalized spacial score (nSPS) is 10.8. The Morgan fingerprint density at radius 1 is 1.53 bits per heavy atom. The lowest BCUT2D eigenvalue weighted by Gasteiger charge is -2.00. The van der Waals surface area contributed by atoms with Crippen LogP contribution in [0.15, 0.2) is 18.2 Å². The lowest BCUT2D eigenvalue weighted by atomic mass is 10.1. The standard InChI is InChI=1S/C11H12N2O2/c1-3-13-10-7(2)5-4-6-8(10)9(12-13)11(14)15/h4-6H,3H2,1-2H3,(H,14,15). The van der Waals surface area contributed by atoms with Gasteiger partial charge in [-0.1, -0.05) is 18.2 Å². The van der Waals surface area contributed by atoms with Crippen molar-refractivity contribution in [3.63, 3.8) is 0 Å². The number of aromatic carboxylic acids is 1. The molecule has 1 N–H and O–H groups in total. The van der Waals surface area contributed by atoms with Gasteiger partial charge in [-0.25, -0.2) is 4.79 Å². The van der Waals surface area contributed by atoms with Gasteiger partial charge in [0.05, 0.1) is 5.52 Å². The SMILES string of the molecule is CCn1nc(C(=O)O)c2cccc(C)c21. The summed E-state index contributed by atoms with van der Waals surface area (Å²) in [6.07, 6.45) is 0. The van der Waals surface area contributed by atoms with Crippen LogP contribution in [0.5, 0.6) is 0 Å². The maximum absolute atomic E-state index is 11.0. The van der Waals surface area contributed by atoms with Crippen molar-refractivity contribution >= 4 is 16.9 Å². The molecule has 1 heterocycles. The van der Waals surface area contributed by atoms with Crippen LogP contribution in [-0.4, -0.2) is 20.9 Å². The van der Waals surface area contributed by atoms with Gasteiger partial charge in [0.1, 0.15) is 0 Å². The number of hydrogen-bond donors (Lipinski definition) is 1. The van der Waals surface area contributed by atoms with Crippen molar-refractivity contribution in [1.29, 1.82) is 0 Å². The third kappa shape index (κ3) is 1.38. The van der Waals surface area contributed by atoms with Crippen molar-refractivity contribution in [3.8, 4) is 0 Å². The summed E-state index contributed by atoms with van der Waals surface area (Å²) in [5.74, 6) is -0.974. The summed E-state index contributed by atoms with van der Waals surface area (Å²) in [4.78, 5) is 11.0. The Labute approximate surface area is 87.1 Å². The van der Waals surface area contributed by atoms with Crippen LogP contribution >= 0.6 is 0 Å². The largest absolute Gasteiger partial charge is 0.476 e. The Morgan fingerprint density at radius 3 is 2.87 bits per heavy atom. The molecular formula is C11H12N2O2. The summed E-state index contributed by atoms with van der Waals surface area (Å²) < 4.78 is 1.73. The van der Waals surface area contributed by atoms with Crippen molar-refractivity contribution in [1.82, 2.24) is 9.78 Å². The average molecular weight is 204 g/mol. The van der Waals surface area contributed by atoms with E-state index in [1.54, 1.807) is 10.7 Å². The monoisotopic (exact) mass is 204 g/mol. The van der Waals surface area contributed by atoms with Gasteiger partial charge >= 0.3 is 5.97 Å². The molecule has 0 aliphatic heterocycles. The van der Waals surface area contributed by atoms with Gasteiger partial charge in [0.15, 0.2) is 5.69 Å². The molecule has 0 amide bonds. The molecule has 1 aromatic heterocycles. The lowest BCUT2D eigenvalue weighted by Crippen LogP contribution is -2.01. The van der Waals surface area contributed by atoms with Gasteiger partial charge < -0.3 is 5.11 Å².